The maximum Gasteiger partial charge on any atom is 0.0486 e. The Hall–Kier alpha value is 0.177. The van der Waals surface area contributed by atoms with Crippen molar-refractivity contribution in [2.24, 2.45) is 0 Å². The molecule has 0 radical (unpaired) electrons. The van der Waals surface area contributed by atoms with Crippen molar-refractivity contribution in [2.75, 3.05) is 13.1 Å². The summed E-state index contributed by atoms with van der Waals surface area (Å²) in [6.07, 6.45) is 1.44. The highest BCUT2D eigenvalue weighted by atomic mass is 28.3. The van der Waals surface area contributed by atoms with Crippen molar-refractivity contribution < 1.29 is 0 Å². The fourth-order valence-corrected chi connectivity index (χ4v) is 4.22. The second-order valence-corrected chi connectivity index (χ2v) is 10.5. The lowest BCUT2D eigenvalue weighted by Crippen LogP contribution is -2.33. The lowest BCUT2D eigenvalue weighted by molar-refractivity contribution is 0.238. The Bertz CT molecular complexity index is 143. The standard InChI is InChI=1S/C10H23NSi/c1-10(2)11-6-5-8-12(3,4)9-7-11/h10H,5-9H2,1-4H3. The van der Waals surface area contributed by atoms with Crippen molar-refractivity contribution in [1.82, 2.24) is 4.90 Å². The summed E-state index contributed by atoms with van der Waals surface area (Å²) in [7, 11) is -0.770. The van der Waals surface area contributed by atoms with Gasteiger partial charge < -0.3 is 4.90 Å². The molecular formula is C10H23NSi. The van der Waals surface area contributed by atoms with E-state index in [4.69, 9.17) is 0 Å². The number of rotatable bonds is 1. The van der Waals surface area contributed by atoms with E-state index >= 15 is 0 Å². The van der Waals surface area contributed by atoms with Gasteiger partial charge in [0, 0.05) is 14.1 Å². The van der Waals surface area contributed by atoms with Crippen LogP contribution in [0.4, 0.5) is 0 Å². The van der Waals surface area contributed by atoms with E-state index in [-0.39, 0.29) is 0 Å². The first-order valence-electron chi connectivity index (χ1n) is 5.25. The predicted octanol–water partition coefficient (Wildman–Crippen LogP) is 2.81. The summed E-state index contributed by atoms with van der Waals surface area (Å²) in [4.78, 5) is 2.64. The van der Waals surface area contributed by atoms with Crippen LogP contribution in [-0.4, -0.2) is 32.1 Å². The highest BCUT2D eigenvalue weighted by Gasteiger charge is 2.25. The molecule has 0 spiro atoms. The lowest BCUT2D eigenvalue weighted by Gasteiger charge is -2.25. The molecule has 72 valence electrons. The molecule has 0 aromatic heterocycles. The molecule has 1 nitrogen and oxygen atoms in total. The molecule has 0 bridgehead atoms. The van der Waals surface area contributed by atoms with Gasteiger partial charge in [-0.05, 0) is 39.4 Å². The fraction of sp³-hybridized carbons (Fsp3) is 1.00. The maximum atomic E-state index is 2.64. The second kappa shape index (κ2) is 3.92. The van der Waals surface area contributed by atoms with Gasteiger partial charge in [0.15, 0.2) is 0 Å². The van der Waals surface area contributed by atoms with Crippen molar-refractivity contribution in [1.29, 1.82) is 0 Å². The van der Waals surface area contributed by atoms with E-state index in [1.807, 2.05) is 0 Å². The van der Waals surface area contributed by atoms with Gasteiger partial charge in [-0.3, -0.25) is 0 Å². The van der Waals surface area contributed by atoms with Crippen LogP contribution < -0.4 is 0 Å². The van der Waals surface area contributed by atoms with Crippen LogP contribution in [0.1, 0.15) is 20.3 Å². The van der Waals surface area contributed by atoms with Gasteiger partial charge in [-0.25, -0.2) is 0 Å². The first-order chi connectivity index (χ1) is 5.51. The molecule has 2 heteroatoms. The second-order valence-electron chi connectivity index (χ2n) is 5.15. The minimum Gasteiger partial charge on any atom is -0.301 e. The van der Waals surface area contributed by atoms with Gasteiger partial charge in [-0.2, -0.15) is 0 Å². The number of nitrogens with zero attached hydrogens (tertiary/aromatic N) is 1. The van der Waals surface area contributed by atoms with Gasteiger partial charge in [0.05, 0.1) is 0 Å². The molecule has 0 aliphatic carbocycles. The van der Waals surface area contributed by atoms with Crippen molar-refractivity contribution in [2.45, 2.75) is 51.5 Å². The monoisotopic (exact) mass is 185 g/mol. The van der Waals surface area contributed by atoms with Crippen molar-refractivity contribution >= 4 is 8.07 Å². The van der Waals surface area contributed by atoms with E-state index in [0.717, 1.165) is 6.04 Å². The third-order valence-corrected chi connectivity index (χ3v) is 6.39. The fourth-order valence-electron chi connectivity index (χ4n) is 1.96. The normalized spacial score (nSPS) is 25.8. The third kappa shape index (κ3) is 2.90. The molecule has 0 aromatic carbocycles. The van der Waals surface area contributed by atoms with E-state index in [2.05, 4.69) is 31.8 Å². The summed E-state index contributed by atoms with van der Waals surface area (Å²) in [6.45, 7) is 12.4. The van der Waals surface area contributed by atoms with E-state index in [0.29, 0.717) is 0 Å². The molecule has 0 amide bonds. The topological polar surface area (TPSA) is 3.24 Å². The maximum absolute atomic E-state index is 2.64. The summed E-state index contributed by atoms with van der Waals surface area (Å²) in [5.41, 5.74) is 0. The summed E-state index contributed by atoms with van der Waals surface area (Å²) < 4.78 is 0. The smallest absolute Gasteiger partial charge is 0.0486 e. The molecule has 1 aliphatic heterocycles. The highest BCUT2D eigenvalue weighted by molar-refractivity contribution is 6.77. The first-order valence-corrected chi connectivity index (χ1v) is 8.67. The minimum absolute atomic E-state index is 0.757. The van der Waals surface area contributed by atoms with E-state index in [1.165, 1.54) is 31.6 Å². The lowest BCUT2D eigenvalue weighted by atomic mass is 10.3. The predicted molar refractivity (Wildman–Crippen MR) is 58.4 cm³/mol. The Morgan fingerprint density at radius 2 is 1.75 bits per heavy atom. The van der Waals surface area contributed by atoms with Crippen LogP contribution in [-0.2, 0) is 0 Å². The van der Waals surface area contributed by atoms with Gasteiger partial charge in [0.1, 0.15) is 0 Å². The molecule has 1 saturated heterocycles. The van der Waals surface area contributed by atoms with Crippen molar-refractivity contribution in [3.8, 4) is 0 Å². The summed E-state index contributed by atoms with van der Waals surface area (Å²) >= 11 is 0. The Balaban J connectivity index is 2.45. The van der Waals surface area contributed by atoms with E-state index in [1.54, 1.807) is 0 Å². The number of hydrogen-bond donors (Lipinski definition) is 0. The zero-order valence-corrected chi connectivity index (χ0v) is 10.1. The molecule has 1 aliphatic rings. The van der Waals surface area contributed by atoms with Gasteiger partial charge in [0.25, 0.3) is 0 Å². The molecule has 0 N–H and O–H groups in total. The third-order valence-electron chi connectivity index (χ3n) is 3.10. The molecule has 12 heavy (non-hydrogen) atoms. The highest BCUT2D eigenvalue weighted by Crippen LogP contribution is 2.22. The first kappa shape index (κ1) is 10.3. The summed E-state index contributed by atoms with van der Waals surface area (Å²) in [6, 6.07) is 3.80. The Morgan fingerprint density at radius 1 is 1.08 bits per heavy atom. The zero-order valence-electron chi connectivity index (χ0n) is 9.06. The van der Waals surface area contributed by atoms with Crippen molar-refractivity contribution in [3.63, 3.8) is 0 Å². The SMILES string of the molecule is CC(C)N1CCC[Si](C)(C)CC1. The molecule has 1 heterocycles. The molecule has 1 fully saturated rings. The average Bonchev–Trinajstić information content (AvgIpc) is 2.10. The Labute approximate surface area is 78.2 Å². The zero-order chi connectivity index (χ0) is 9.19. The van der Waals surface area contributed by atoms with Crippen molar-refractivity contribution in [3.05, 3.63) is 0 Å². The van der Waals surface area contributed by atoms with Gasteiger partial charge >= 0.3 is 0 Å². The molecule has 0 atom stereocenters. The van der Waals surface area contributed by atoms with Gasteiger partial charge in [0.2, 0.25) is 0 Å². The molecule has 0 unspecified atom stereocenters. The van der Waals surface area contributed by atoms with Crippen LogP contribution in [0.2, 0.25) is 25.2 Å². The van der Waals surface area contributed by atoms with Crippen LogP contribution in [0, 0.1) is 0 Å². The van der Waals surface area contributed by atoms with Gasteiger partial charge in [-0.15, -0.1) is 0 Å². The minimum atomic E-state index is -0.770. The summed E-state index contributed by atoms with van der Waals surface area (Å²) in [5, 5.41) is 0. The average molecular weight is 185 g/mol. The quantitative estimate of drug-likeness (QED) is 0.568. The van der Waals surface area contributed by atoms with Crippen LogP contribution in [0.15, 0.2) is 0 Å². The van der Waals surface area contributed by atoms with Crippen LogP contribution in [0.5, 0.6) is 0 Å². The number of hydrogen-bond acceptors (Lipinski definition) is 1. The van der Waals surface area contributed by atoms with Gasteiger partial charge in [-0.1, -0.05) is 19.1 Å². The van der Waals surface area contributed by atoms with E-state index < -0.39 is 8.07 Å². The largest absolute Gasteiger partial charge is 0.301 e. The Morgan fingerprint density at radius 3 is 2.33 bits per heavy atom. The Kier molecular flexibility index (Phi) is 3.35. The van der Waals surface area contributed by atoms with Crippen LogP contribution >= 0.6 is 0 Å². The van der Waals surface area contributed by atoms with E-state index in [9.17, 15) is 0 Å². The molecule has 0 aromatic rings. The molecular weight excluding hydrogens is 162 g/mol. The molecule has 0 saturated carbocycles. The summed E-state index contributed by atoms with van der Waals surface area (Å²) in [5.74, 6) is 0. The van der Waals surface area contributed by atoms with Crippen LogP contribution in [0.25, 0.3) is 0 Å². The molecule has 1 rings (SSSR count). The van der Waals surface area contributed by atoms with Crippen LogP contribution in [0.3, 0.4) is 0 Å².